The van der Waals surface area contributed by atoms with E-state index in [-0.39, 0.29) is 6.03 Å². The number of hydrogen-bond donors (Lipinski definition) is 2. The Morgan fingerprint density at radius 1 is 1.20 bits per heavy atom. The van der Waals surface area contributed by atoms with Crippen molar-refractivity contribution in [1.29, 1.82) is 0 Å². The molecule has 0 spiro atoms. The number of nitrogens with zero attached hydrogens (tertiary/aromatic N) is 2. The predicted octanol–water partition coefficient (Wildman–Crippen LogP) is 4.21. The van der Waals surface area contributed by atoms with E-state index in [0.29, 0.717) is 17.3 Å². The molecule has 1 aromatic heterocycles. The molecule has 0 saturated carbocycles. The lowest BCUT2D eigenvalue weighted by atomic mass is 10.1. The minimum atomic E-state index is -0.286. The maximum Gasteiger partial charge on any atom is 0.319 e. The molecule has 5 nitrogen and oxygen atoms in total. The van der Waals surface area contributed by atoms with Gasteiger partial charge in [-0.3, -0.25) is 0 Å². The van der Waals surface area contributed by atoms with E-state index in [9.17, 15) is 4.79 Å². The zero-order valence-corrected chi connectivity index (χ0v) is 14.6. The summed E-state index contributed by atoms with van der Waals surface area (Å²) in [5.74, 6) is 0. The molecule has 0 bridgehead atoms. The van der Waals surface area contributed by atoms with Crippen LogP contribution in [0.2, 0.25) is 5.02 Å². The largest absolute Gasteiger partial charge is 0.334 e. The molecule has 3 aromatic rings. The van der Waals surface area contributed by atoms with Crippen LogP contribution >= 0.6 is 11.6 Å². The Kier molecular flexibility index (Phi) is 5.36. The Hall–Kier alpha value is -2.79. The maximum absolute atomic E-state index is 12.1. The van der Waals surface area contributed by atoms with Gasteiger partial charge in [0.1, 0.15) is 0 Å². The molecule has 1 heterocycles. The van der Waals surface area contributed by atoms with E-state index in [1.165, 1.54) is 0 Å². The van der Waals surface area contributed by atoms with Gasteiger partial charge in [0.15, 0.2) is 0 Å². The molecule has 0 unspecified atom stereocenters. The highest BCUT2D eigenvalue weighted by molar-refractivity contribution is 6.33. The molecule has 0 fully saturated rings. The Bertz CT molecular complexity index is 862. The van der Waals surface area contributed by atoms with E-state index in [4.69, 9.17) is 11.6 Å². The zero-order chi connectivity index (χ0) is 17.6. The Morgan fingerprint density at radius 3 is 2.80 bits per heavy atom. The molecule has 0 radical (unpaired) electrons. The van der Waals surface area contributed by atoms with Crippen molar-refractivity contribution < 1.29 is 4.79 Å². The number of carbonyl (C=O) groups is 1. The molecule has 2 amide bonds. The van der Waals surface area contributed by atoms with Crippen molar-refractivity contribution in [3.05, 3.63) is 82.9 Å². The van der Waals surface area contributed by atoms with Crippen LogP contribution in [-0.2, 0) is 13.1 Å². The van der Waals surface area contributed by atoms with Crippen molar-refractivity contribution >= 4 is 23.3 Å². The van der Waals surface area contributed by atoms with Crippen LogP contribution in [0.3, 0.4) is 0 Å². The van der Waals surface area contributed by atoms with Gasteiger partial charge in [-0.05, 0) is 35.7 Å². The fourth-order valence-electron chi connectivity index (χ4n) is 2.50. The number of carbonyl (C=O) groups excluding carboxylic acids is 1. The van der Waals surface area contributed by atoms with Crippen LogP contribution in [0.15, 0.2) is 61.2 Å². The molecule has 6 heteroatoms. The number of rotatable bonds is 5. The van der Waals surface area contributed by atoms with E-state index in [1.54, 1.807) is 18.6 Å². The monoisotopic (exact) mass is 354 g/mol. The molecule has 0 aliphatic rings. The minimum absolute atomic E-state index is 0.286. The number of aromatic nitrogens is 2. The predicted molar refractivity (Wildman–Crippen MR) is 99.8 cm³/mol. The number of amides is 2. The second-order valence-electron chi connectivity index (χ2n) is 5.85. The quantitative estimate of drug-likeness (QED) is 0.720. The summed E-state index contributed by atoms with van der Waals surface area (Å²) >= 11 is 6.13. The number of anilines is 1. The van der Waals surface area contributed by atoms with Crippen LogP contribution in [0.25, 0.3) is 0 Å². The molecule has 2 aromatic carbocycles. The van der Waals surface area contributed by atoms with Crippen molar-refractivity contribution in [2.45, 2.75) is 20.0 Å². The highest BCUT2D eigenvalue weighted by Crippen LogP contribution is 2.22. The number of nitrogens with one attached hydrogen (secondary N) is 2. The van der Waals surface area contributed by atoms with Crippen LogP contribution in [0.1, 0.15) is 16.7 Å². The van der Waals surface area contributed by atoms with Gasteiger partial charge in [-0.2, -0.15) is 0 Å². The van der Waals surface area contributed by atoms with Crippen molar-refractivity contribution in [3.63, 3.8) is 0 Å². The first-order valence-corrected chi connectivity index (χ1v) is 8.32. The molecule has 2 N–H and O–H groups in total. The van der Waals surface area contributed by atoms with Crippen LogP contribution < -0.4 is 10.6 Å². The molecule has 0 aliphatic heterocycles. The van der Waals surface area contributed by atoms with Gasteiger partial charge in [-0.15, -0.1) is 0 Å². The lowest BCUT2D eigenvalue weighted by molar-refractivity contribution is 0.251. The number of hydrogen-bond acceptors (Lipinski definition) is 2. The summed E-state index contributed by atoms with van der Waals surface area (Å²) in [5, 5.41) is 6.14. The highest BCUT2D eigenvalue weighted by atomic mass is 35.5. The molecule has 3 rings (SSSR count). The SMILES string of the molecule is Cc1ccc(NC(=O)NCc2cccc(Cn3ccnc3)c2)c(Cl)c1. The number of benzene rings is 2. The van der Waals surface area contributed by atoms with Gasteiger partial charge in [0.05, 0.1) is 17.0 Å². The Balaban J connectivity index is 1.56. The highest BCUT2D eigenvalue weighted by Gasteiger charge is 2.06. The normalized spacial score (nSPS) is 10.5. The second kappa shape index (κ2) is 7.85. The third-order valence-electron chi connectivity index (χ3n) is 3.74. The zero-order valence-electron chi connectivity index (χ0n) is 13.9. The van der Waals surface area contributed by atoms with Crippen LogP contribution in [-0.4, -0.2) is 15.6 Å². The Morgan fingerprint density at radius 2 is 2.04 bits per heavy atom. The van der Waals surface area contributed by atoms with Gasteiger partial charge < -0.3 is 15.2 Å². The summed E-state index contributed by atoms with van der Waals surface area (Å²) in [6.07, 6.45) is 5.46. The summed E-state index contributed by atoms with van der Waals surface area (Å²) < 4.78 is 2.00. The molecule has 0 atom stereocenters. The summed E-state index contributed by atoms with van der Waals surface area (Å²) in [6.45, 7) is 3.14. The summed E-state index contributed by atoms with van der Waals surface area (Å²) in [6, 6.07) is 13.3. The molecular formula is C19H19ClN4O. The number of imidazole rings is 1. The van der Waals surface area contributed by atoms with Crippen molar-refractivity contribution in [2.24, 2.45) is 0 Å². The summed E-state index contributed by atoms with van der Waals surface area (Å²) in [5.41, 5.74) is 3.83. The first-order valence-electron chi connectivity index (χ1n) is 7.95. The molecule has 128 valence electrons. The number of aryl methyl sites for hydroxylation is 1. The third kappa shape index (κ3) is 4.84. The topological polar surface area (TPSA) is 59.0 Å². The van der Waals surface area contributed by atoms with E-state index in [1.807, 2.05) is 42.0 Å². The fourth-order valence-corrected chi connectivity index (χ4v) is 2.78. The smallest absolute Gasteiger partial charge is 0.319 e. The third-order valence-corrected chi connectivity index (χ3v) is 4.05. The molecular weight excluding hydrogens is 336 g/mol. The van der Waals surface area contributed by atoms with Gasteiger partial charge in [0.25, 0.3) is 0 Å². The number of urea groups is 1. The standard InChI is InChI=1S/C19H19ClN4O/c1-14-5-6-18(17(20)9-14)23-19(25)22-11-15-3-2-4-16(10-15)12-24-8-7-21-13-24/h2-10,13H,11-12H2,1H3,(H2,22,23,25). The average Bonchev–Trinajstić information content (AvgIpc) is 3.09. The van der Waals surface area contributed by atoms with Gasteiger partial charge >= 0.3 is 6.03 Å². The minimum Gasteiger partial charge on any atom is -0.334 e. The van der Waals surface area contributed by atoms with E-state index in [0.717, 1.165) is 23.2 Å². The maximum atomic E-state index is 12.1. The number of halogens is 1. The van der Waals surface area contributed by atoms with Crippen LogP contribution in [0, 0.1) is 6.92 Å². The lowest BCUT2D eigenvalue weighted by Crippen LogP contribution is -2.28. The molecule has 0 saturated heterocycles. The Labute approximate surface area is 151 Å². The molecule has 0 aliphatic carbocycles. The van der Waals surface area contributed by atoms with E-state index >= 15 is 0 Å². The fraction of sp³-hybridized carbons (Fsp3) is 0.158. The summed E-state index contributed by atoms with van der Waals surface area (Å²) in [4.78, 5) is 16.1. The van der Waals surface area contributed by atoms with Crippen LogP contribution in [0.4, 0.5) is 10.5 Å². The van der Waals surface area contributed by atoms with E-state index in [2.05, 4.69) is 27.8 Å². The van der Waals surface area contributed by atoms with Crippen molar-refractivity contribution in [3.8, 4) is 0 Å². The van der Waals surface area contributed by atoms with Gasteiger partial charge in [-0.25, -0.2) is 9.78 Å². The van der Waals surface area contributed by atoms with Crippen molar-refractivity contribution in [2.75, 3.05) is 5.32 Å². The first kappa shape index (κ1) is 17.0. The average molecular weight is 355 g/mol. The van der Waals surface area contributed by atoms with Gasteiger partial charge in [0, 0.05) is 25.5 Å². The van der Waals surface area contributed by atoms with Crippen molar-refractivity contribution in [1.82, 2.24) is 14.9 Å². The van der Waals surface area contributed by atoms with Crippen LogP contribution in [0.5, 0.6) is 0 Å². The second-order valence-corrected chi connectivity index (χ2v) is 6.25. The lowest BCUT2D eigenvalue weighted by Gasteiger charge is -2.10. The van der Waals surface area contributed by atoms with Gasteiger partial charge in [0.2, 0.25) is 0 Å². The molecule has 25 heavy (non-hydrogen) atoms. The summed E-state index contributed by atoms with van der Waals surface area (Å²) in [7, 11) is 0. The van der Waals surface area contributed by atoms with E-state index < -0.39 is 0 Å². The first-order chi connectivity index (χ1) is 12.1. The van der Waals surface area contributed by atoms with Gasteiger partial charge in [-0.1, -0.05) is 41.9 Å².